The molecule has 0 aliphatic carbocycles. The Balaban J connectivity index is 1.91. The molecule has 0 bridgehead atoms. The van der Waals surface area contributed by atoms with E-state index in [-0.39, 0.29) is 10.9 Å². The van der Waals surface area contributed by atoms with Gasteiger partial charge in [-0.1, -0.05) is 12.1 Å². The Kier molecular flexibility index (Phi) is 3.76. The third-order valence-electron chi connectivity index (χ3n) is 3.68. The number of rotatable bonds is 4. The van der Waals surface area contributed by atoms with Gasteiger partial charge in [0.25, 0.3) is 10.0 Å². The molecular weight excluding hydrogens is 302 g/mol. The molecule has 0 spiro atoms. The summed E-state index contributed by atoms with van der Waals surface area (Å²) in [5.41, 5.74) is 0.620. The second kappa shape index (κ2) is 5.58. The van der Waals surface area contributed by atoms with Crippen LogP contribution in [0.5, 0.6) is 0 Å². The van der Waals surface area contributed by atoms with Crippen LogP contribution < -0.4 is 9.62 Å². The van der Waals surface area contributed by atoms with Crippen LogP contribution in [-0.2, 0) is 10.0 Å². The summed E-state index contributed by atoms with van der Waals surface area (Å²) in [7, 11) is 0.540. The molecule has 0 radical (unpaired) electrons. The predicted octanol–water partition coefficient (Wildman–Crippen LogP) is 0.204. The Morgan fingerprint density at radius 1 is 1.23 bits per heavy atom. The van der Waals surface area contributed by atoms with Crippen molar-refractivity contribution in [2.24, 2.45) is 4.99 Å². The molecule has 1 aromatic heterocycles. The molecule has 1 atom stereocenters. The summed E-state index contributed by atoms with van der Waals surface area (Å²) in [6, 6.07) is 10.6. The molecule has 7 heteroatoms. The maximum Gasteiger partial charge on any atom is 0.263 e. The van der Waals surface area contributed by atoms with Crippen LogP contribution in [0.3, 0.4) is 0 Å². The van der Waals surface area contributed by atoms with Gasteiger partial charge in [-0.2, -0.15) is 0 Å². The van der Waals surface area contributed by atoms with Crippen molar-refractivity contribution in [2.45, 2.75) is 10.9 Å². The summed E-state index contributed by atoms with van der Waals surface area (Å²) in [6.45, 7) is 0.433. The quantitative estimate of drug-likeness (QED) is 0.845. The Morgan fingerprint density at radius 3 is 2.68 bits per heavy atom. The summed E-state index contributed by atoms with van der Waals surface area (Å²) in [4.78, 5) is 5.92. The molecule has 2 N–H and O–H groups in total. The van der Waals surface area contributed by atoms with E-state index in [0.717, 1.165) is 10.7 Å². The molecular formula is C15H18N3O3S+. The first kappa shape index (κ1) is 14.8. The number of likely N-dealkylation sites (N-methyl/N-ethyl adjacent to an activating group) is 1. The third kappa shape index (κ3) is 2.65. The molecule has 0 saturated carbocycles. The first-order chi connectivity index (χ1) is 10.5. The molecule has 1 aromatic carbocycles. The molecule has 2 heterocycles. The van der Waals surface area contributed by atoms with Crippen LogP contribution >= 0.6 is 0 Å². The van der Waals surface area contributed by atoms with Crippen molar-refractivity contribution >= 4 is 15.9 Å². The number of quaternary nitrogens is 1. The largest absolute Gasteiger partial charge is 0.463 e. The van der Waals surface area contributed by atoms with Crippen LogP contribution in [0.1, 0.15) is 17.4 Å². The van der Waals surface area contributed by atoms with E-state index in [4.69, 9.17) is 4.42 Å². The standard InChI is InChI=1S/C15H17N3O3S/c1-18(2)12(13-7-5-9-21-13)10-16-15-11-6-3-4-8-14(11)22(19,20)17-15/h3-9,12H,10H2,1-2H3,(H,16,17)/p+1/t12-/m1/s1. The highest BCUT2D eigenvalue weighted by molar-refractivity contribution is 7.90. The zero-order valence-corrected chi connectivity index (χ0v) is 13.2. The molecule has 0 fully saturated rings. The summed E-state index contributed by atoms with van der Waals surface area (Å²) >= 11 is 0. The van der Waals surface area contributed by atoms with E-state index in [1.807, 2.05) is 26.2 Å². The molecule has 1 aliphatic heterocycles. The first-order valence-corrected chi connectivity index (χ1v) is 8.47. The average molecular weight is 320 g/mol. The normalized spacial score (nSPS) is 19.1. The SMILES string of the molecule is C[NH+](C)[C@H](CN=C1NS(=O)(=O)c2ccccc21)c1ccco1. The molecule has 0 amide bonds. The maximum absolute atomic E-state index is 12.1. The fourth-order valence-corrected chi connectivity index (χ4v) is 3.73. The average Bonchev–Trinajstić information content (AvgIpc) is 3.07. The number of hydrogen-bond acceptors (Lipinski definition) is 4. The molecule has 1 aliphatic rings. The van der Waals surface area contributed by atoms with Gasteiger partial charge in [0.2, 0.25) is 0 Å². The van der Waals surface area contributed by atoms with Gasteiger partial charge in [-0.25, -0.2) is 8.42 Å². The van der Waals surface area contributed by atoms with Crippen LogP contribution in [0, 0.1) is 0 Å². The van der Waals surface area contributed by atoms with Crippen molar-refractivity contribution in [3.63, 3.8) is 0 Å². The lowest BCUT2D eigenvalue weighted by molar-refractivity contribution is -0.891. The second-order valence-electron chi connectivity index (χ2n) is 5.44. The number of aliphatic imine (C=N–C) groups is 1. The predicted molar refractivity (Wildman–Crippen MR) is 82.4 cm³/mol. The lowest BCUT2D eigenvalue weighted by atomic mass is 10.2. The van der Waals surface area contributed by atoms with Crippen molar-refractivity contribution in [1.82, 2.24) is 4.72 Å². The van der Waals surface area contributed by atoms with Gasteiger partial charge < -0.3 is 9.32 Å². The summed E-state index contributed by atoms with van der Waals surface area (Å²) in [5, 5.41) is 0. The fraction of sp³-hybridized carbons (Fsp3) is 0.267. The number of hydrogen-bond donors (Lipinski definition) is 2. The monoisotopic (exact) mass is 320 g/mol. The van der Waals surface area contributed by atoms with Crippen LogP contribution in [0.2, 0.25) is 0 Å². The zero-order valence-electron chi connectivity index (χ0n) is 12.4. The number of benzene rings is 1. The van der Waals surface area contributed by atoms with E-state index in [2.05, 4.69) is 9.71 Å². The molecule has 0 unspecified atom stereocenters. The molecule has 2 aromatic rings. The summed E-state index contributed by atoms with van der Waals surface area (Å²) in [5.74, 6) is 1.23. The van der Waals surface area contributed by atoms with Gasteiger partial charge >= 0.3 is 0 Å². The second-order valence-corrected chi connectivity index (χ2v) is 7.09. The van der Waals surface area contributed by atoms with Crippen molar-refractivity contribution in [2.75, 3.05) is 20.6 Å². The number of furan rings is 1. The van der Waals surface area contributed by atoms with Crippen molar-refractivity contribution < 1.29 is 17.7 Å². The Labute approximate surface area is 129 Å². The van der Waals surface area contributed by atoms with E-state index < -0.39 is 10.0 Å². The summed E-state index contributed by atoms with van der Waals surface area (Å²) in [6.07, 6.45) is 1.63. The minimum Gasteiger partial charge on any atom is -0.463 e. The minimum absolute atomic E-state index is 0.0276. The van der Waals surface area contributed by atoms with Crippen LogP contribution in [-0.4, -0.2) is 34.9 Å². The number of sulfonamides is 1. The van der Waals surface area contributed by atoms with Gasteiger partial charge in [0.05, 0.1) is 25.3 Å². The molecule has 0 saturated heterocycles. The molecule has 3 rings (SSSR count). The van der Waals surface area contributed by atoms with Crippen molar-refractivity contribution in [1.29, 1.82) is 0 Å². The van der Waals surface area contributed by atoms with E-state index >= 15 is 0 Å². The first-order valence-electron chi connectivity index (χ1n) is 6.99. The van der Waals surface area contributed by atoms with Crippen LogP contribution in [0.4, 0.5) is 0 Å². The van der Waals surface area contributed by atoms with E-state index in [1.54, 1.807) is 30.5 Å². The van der Waals surface area contributed by atoms with Gasteiger partial charge in [-0.15, -0.1) is 0 Å². The Morgan fingerprint density at radius 2 is 2.00 bits per heavy atom. The van der Waals surface area contributed by atoms with Crippen LogP contribution in [0.25, 0.3) is 0 Å². The number of nitrogens with zero attached hydrogens (tertiary/aromatic N) is 1. The van der Waals surface area contributed by atoms with Crippen LogP contribution in [0.15, 0.2) is 57.0 Å². The van der Waals surface area contributed by atoms with Crippen molar-refractivity contribution in [3.8, 4) is 0 Å². The highest BCUT2D eigenvalue weighted by Gasteiger charge is 2.31. The molecule has 116 valence electrons. The maximum atomic E-state index is 12.1. The van der Waals surface area contributed by atoms with Gasteiger partial charge in [0, 0.05) is 5.56 Å². The molecule has 22 heavy (non-hydrogen) atoms. The third-order valence-corrected chi connectivity index (χ3v) is 5.08. The minimum atomic E-state index is -3.49. The molecule has 6 nitrogen and oxygen atoms in total. The number of amidine groups is 1. The Bertz CT molecular complexity index is 795. The van der Waals surface area contributed by atoms with E-state index in [1.165, 1.54) is 0 Å². The van der Waals surface area contributed by atoms with E-state index in [0.29, 0.717) is 17.9 Å². The summed E-state index contributed by atoms with van der Waals surface area (Å²) < 4.78 is 32.1. The lowest BCUT2D eigenvalue weighted by Crippen LogP contribution is -3.06. The highest BCUT2D eigenvalue weighted by Crippen LogP contribution is 2.22. The fourth-order valence-electron chi connectivity index (χ4n) is 2.48. The lowest BCUT2D eigenvalue weighted by Gasteiger charge is -2.17. The smallest absolute Gasteiger partial charge is 0.263 e. The van der Waals surface area contributed by atoms with Gasteiger partial charge in [0.1, 0.15) is 12.4 Å². The van der Waals surface area contributed by atoms with Gasteiger partial charge in [-0.05, 0) is 24.3 Å². The highest BCUT2D eigenvalue weighted by atomic mass is 32.2. The van der Waals surface area contributed by atoms with Gasteiger partial charge in [0.15, 0.2) is 11.8 Å². The van der Waals surface area contributed by atoms with E-state index in [9.17, 15) is 8.42 Å². The Hall–Kier alpha value is -2.12. The van der Waals surface area contributed by atoms with Gasteiger partial charge in [-0.3, -0.25) is 9.71 Å². The van der Waals surface area contributed by atoms with Crippen molar-refractivity contribution in [3.05, 3.63) is 54.0 Å². The zero-order chi connectivity index (χ0) is 15.7. The number of nitrogens with one attached hydrogen (secondary N) is 2. The topological polar surface area (TPSA) is 76.1 Å². The number of fused-ring (bicyclic) bond motifs is 1.